The van der Waals surface area contributed by atoms with E-state index in [1.54, 1.807) is 0 Å². The lowest BCUT2D eigenvalue weighted by Crippen LogP contribution is -2.47. The third-order valence-corrected chi connectivity index (χ3v) is 8.29. The second-order valence-electron chi connectivity index (χ2n) is 6.88. The van der Waals surface area contributed by atoms with Crippen LogP contribution in [0.1, 0.15) is 34.1 Å². The summed E-state index contributed by atoms with van der Waals surface area (Å²) in [5, 5.41) is 2.95. The molecule has 1 aliphatic heterocycles. The Morgan fingerprint density at radius 1 is 1.47 bits per heavy atom. The number of hydrogen-bond donors (Lipinski definition) is 1. The summed E-state index contributed by atoms with van der Waals surface area (Å²) < 4.78 is 12.0. The highest BCUT2D eigenvalue weighted by Gasteiger charge is 2.44. The maximum Gasteiger partial charge on any atom is 0.224 e. The van der Waals surface area contributed by atoms with Crippen molar-refractivity contribution >= 4 is 14.2 Å². The molecule has 2 atom stereocenters. The van der Waals surface area contributed by atoms with Gasteiger partial charge in [0.25, 0.3) is 0 Å². The van der Waals surface area contributed by atoms with Crippen LogP contribution in [-0.2, 0) is 14.0 Å². The van der Waals surface area contributed by atoms with Gasteiger partial charge in [0.1, 0.15) is 0 Å². The topological polar surface area (TPSA) is 47.6 Å². The Morgan fingerprint density at radius 2 is 2.05 bits per heavy atom. The van der Waals surface area contributed by atoms with Crippen LogP contribution < -0.4 is 5.32 Å². The highest BCUT2D eigenvalue weighted by atomic mass is 28.4. The summed E-state index contributed by atoms with van der Waals surface area (Å²) in [6.07, 6.45) is -0.154. The second kappa shape index (κ2) is 5.77. The van der Waals surface area contributed by atoms with E-state index < -0.39 is 8.32 Å². The molecular weight excluding hydrogens is 258 g/mol. The Labute approximate surface area is 117 Å². The molecule has 0 saturated carbocycles. The number of carbonyl (C=O) groups excluding carboxylic acids is 1. The SMILES string of the molecule is C=C(C)CO[C@@H]1NC(=O)C[C@@H]1O[Si](C)(C)C(C)(C)C. The predicted molar refractivity (Wildman–Crippen MR) is 79.4 cm³/mol. The molecule has 0 bridgehead atoms. The first-order valence-electron chi connectivity index (χ1n) is 6.76. The number of rotatable bonds is 5. The monoisotopic (exact) mass is 285 g/mol. The summed E-state index contributed by atoms with van der Waals surface area (Å²) in [5.41, 5.74) is 0.937. The molecule has 110 valence electrons. The molecular formula is C14H27NO3Si. The number of carbonyl (C=O) groups is 1. The molecule has 5 heteroatoms. The van der Waals surface area contributed by atoms with Crippen molar-refractivity contribution in [1.82, 2.24) is 5.32 Å². The molecule has 1 fully saturated rings. The molecule has 0 aromatic carbocycles. The molecule has 0 spiro atoms. The van der Waals surface area contributed by atoms with E-state index in [4.69, 9.17) is 9.16 Å². The second-order valence-corrected chi connectivity index (χ2v) is 11.6. The van der Waals surface area contributed by atoms with Crippen LogP contribution in [0.5, 0.6) is 0 Å². The molecule has 0 radical (unpaired) electrons. The minimum atomic E-state index is -1.89. The van der Waals surface area contributed by atoms with Crippen molar-refractivity contribution in [3.63, 3.8) is 0 Å². The van der Waals surface area contributed by atoms with E-state index in [1.807, 2.05) is 6.92 Å². The van der Waals surface area contributed by atoms with Crippen LogP contribution in [0.15, 0.2) is 12.2 Å². The molecule has 19 heavy (non-hydrogen) atoms. The fourth-order valence-electron chi connectivity index (χ4n) is 1.64. The summed E-state index contributed by atoms with van der Waals surface area (Å²) in [7, 11) is -1.89. The van der Waals surface area contributed by atoms with Gasteiger partial charge in [-0.05, 0) is 25.1 Å². The number of hydrogen-bond acceptors (Lipinski definition) is 3. The van der Waals surface area contributed by atoms with Crippen LogP contribution in [-0.4, -0.2) is 33.2 Å². The molecule has 1 saturated heterocycles. The predicted octanol–water partition coefficient (Wildman–Crippen LogP) is 2.82. The average molecular weight is 285 g/mol. The number of ether oxygens (including phenoxy) is 1. The summed E-state index contributed by atoms with van der Waals surface area (Å²) in [5.74, 6) is -0.00424. The van der Waals surface area contributed by atoms with Crippen LogP contribution in [0.3, 0.4) is 0 Å². The molecule has 1 aliphatic rings. The Bertz CT molecular complexity index is 360. The maximum absolute atomic E-state index is 11.6. The van der Waals surface area contributed by atoms with Gasteiger partial charge in [0.2, 0.25) is 5.91 Å². The van der Waals surface area contributed by atoms with E-state index in [-0.39, 0.29) is 23.3 Å². The van der Waals surface area contributed by atoms with Crippen molar-refractivity contribution in [2.24, 2.45) is 0 Å². The van der Waals surface area contributed by atoms with Gasteiger partial charge in [-0.15, -0.1) is 0 Å². The maximum atomic E-state index is 11.6. The lowest BCUT2D eigenvalue weighted by atomic mass is 10.2. The first kappa shape index (κ1) is 16.4. The molecule has 1 amide bonds. The van der Waals surface area contributed by atoms with E-state index >= 15 is 0 Å². The Kier molecular flexibility index (Phi) is 4.98. The minimum absolute atomic E-state index is 0.00424. The van der Waals surface area contributed by atoms with E-state index in [2.05, 4.69) is 45.8 Å². The molecule has 1 rings (SSSR count). The van der Waals surface area contributed by atoms with Gasteiger partial charge in [0.15, 0.2) is 14.5 Å². The fraction of sp³-hybridized carbons (Fsp3) is 0.786. The Balaban J connectivity index is 2.69. The van der Waals surface area contributed by atoms with Crippen molar-refractivity contribution in [2.75, 3.05) is 6.61 Å². The zero-order valence-corrected chi connectivity index (χ0v) is 14.0. The zero-order valence-electron chi connectivity index (χ0n) is 13.0. The normalized spacial score (nSPS) is 24.4. The standard InChI is InChI=1S/C14H27NO3Si/c1-10(2)9-17-13-11(8-12(16)15-13)18-19(6,7)14(3,4)5/h11,13H,1,8-9H2,2-7H3,(H,15,16)/t11-,13-/m0/s1. The quantitative estimate of drug-likeness (QED) is 0.624. The molecule has 0 aromatic rings. The Morgan fingerprint density at radius 3 is 2.53 bits per heavy atom. The van der Waals surface area contributed by atoms with Crippen molar-refractivity contribution in [1.29, 1.82) is 0 Å². The van der Waals surface area contributed by atoms with E-state index in [9.17, 15) is 4.79 Å². The fourth-order valence-corrected chi connectivity index (χ4v) is 2.96. The number of nitrogens with one attached hydrogen (secondary N) is 1. The van der Waals surface area contributed by atoms with Gasteiger partial charge < -0.3 is 14.5 Å². The zero-order chi connectivity index (χ0) is 14.8. The van der Waals surface area contributed by atoms with Crippen molar-refractivity contribution in [3.8, 4) is 0 Å². The smallest absolute Gasteiger partial charge is 0.224 e. The molecule has 1 heterocycles. The van der Waals surface area contributed by atoms with Gasteiger partial charge in [0, 0.05) is 0 Å². The summed E-state index contributed by atoms with van der Waals surface area (Å²) in [6, 6.07) is 0. The highest BCUT2D eigenvalue weighted by molar-refractivity contribution is 6.74. The highest BCUT2D eigenvalue weighted by Crippen LogP contribution is 2.38. The molecule has 4 nitrogen and oxygen atoms in total. The first-order valence-corrected chi connectivity index (χ1v) is 9.67. The van der Waals surface area contributed by atoms with Crippen LogP contribution in [0.25, 0.3) is 0 Å². The van der Waals surface area contributed by atoms with Gasteiger partial charge in [-0.1, -0.05) is 32.9 Å². The number of amides is 1. The molecule has 0 aliphatic carbocycles. The van der Waals surface area contributed by atoms with E-state index in [1.165, 1.54) is 0 Å². The van der Waals surface area contributed by atoms with Crippen molar-refractivity contribution in [3.05, 3.63) is 12.2 Å². The summed E-state index contributed by atoms with van der Waals surface area (Å²) in [6.45, 7) is 17.1. The van der Waals surface area contributed by atoms with Gasteiger partial charge in [-0.3, -0.25) is 4.79 Å². The van der Waals surface area contributed by atoms with Crippen LogP contribution >= 0.6 is 0 Å². The molecule has 0 unspecified atom stereocenters. The van der Waals surface area contributed by atoms with Gasteiger partial charge in [-0.2, -0.15) is 0 Å². The van der Waals surface area contributed by atoms with Crippen LogP contribution in [0.2, 0.25) is 18.1 Å². The lowest BCUT2D eigenvalue weighted by molar-refractivity contribution is -0.120. The lowest BCUT2D eigenvalue weighted by Gasteiger charge is -2.39. The largest absolute Gasteiger partial charge is 0.409 e. The van der Waals surface area contributed by atoms with E-state index in [0.29, 0.717) is 13.0 Å². The average Bonchev–Trinajstić information content (AvgIpc) is 2.53. The third-order valence-electron chi connectivity index (χ3n) is 3.79. The summed E-state index contributed by atoms with van der Waals surface area (Å²) >= 11 is 0. The molecule has 0 aromatic heterocycles. The van der Waals surface area contributed by atoms with Gasteiger partial charge in [-0.25, -0.2) is 0 Å². The van der Waals surface area contributed by atoms with Crippen LogP contribution in [0, 0.1) is 0 Å². The molecule has 1 N–H and O–H groups in total. The first-order chi connectivity index (χ1) is 8.53. The Hall–Kier alpha value is -0.653. The minimum Gasteiger partial charge on any atom is -0.409 e. The van der Waals surface area contributed by atoms with Gasteiger partial charge in [0.05, 0.1) is 19.1 Å². The van der Waals surface area contributed by atoms with E-state index in [0.717, 1.165) is 5.57 Å². The van der Waals surface area contributed by atoms with Crippen LogP contribution in [0.4, 0.5) is 0 Å². The van der Waals surface area contributed by atoms with Gasteiger partial charge >= 0.3 is 0 Å². The third kappa shape index (κ3) is 4.44. The van der Waals surface area contributed by atoms with Crippen molar-refractivity contribution < 1.29 is 14.0 Å². The summed E-state index contributed by atoms with van der Waals surface area (Å²) in [4.78, 5) is 11.6. The van der Waals surface area contributed by atoms with Crippen molar-refractivity contribution in [2.45, 2.75) is 64.6 Å².